The van der Waals surface area contributed by atoms with Crippen LogP contribution in [0.2, 0.25) is 0 Å². The molecule has 3 nitrogen and oxygen atoms in total. The first-order chi connectivity index (χ1) is 7.09. The molecule has 2 rings (SSSR count). The average Bonchev–Trinajstić information content (AvgIpc) is 2.61. The fourth-order valence-electron chi connectivity index (χ4n) is 1.13. The molecule has 1 aromatic heterocycles. The summed E-state index contributed by atoms with van der Waals surface area (Å²) in [5.41, 5.74) is 5.43. The van der Waals surface area contributed by atoms with E-state index in [9.17, 15) is 8.78 Å². The van der Waals surface area contributed by atoms with Gasteiger partial charge in [0.25, 0.3) is 0 Å². The van der Waals surface area contributed by atoms with E-state index in [4.69, 9.17) is 10.3 Å². The van der Waals surface area contributed by atoms with Crippen molar-refractivity contribution in [1.82, 2.24) is 5.16 Å². The van der Waals surface area contributed by atoms with Gasteiger partial charge in [-0.15, -0.1) is 0 Å². The highest BCUT2D eigenvalue weighted by Gasteiger charge is 2.15. The van der Waals surface area contributed by atoms with Gasteiger partial charge in [-0.05, 0) is 28.1 Å². The first-order valence-electron chi connectivity index (χ1n) is 3.95. The van der Waals surface area contributed by atoms with Crippen LogP contribution in [0.1, 0.15) is 0 Å². The van der Waals surface area contributed by atoms with E-state index in [0.29, 0.717) is 0 Å². The molecule has 0 atom stereocenters. The Kier molecular flexibility index (Phi) is 2.44. The quantitative estimate of drug-likeness (QED) is 0.814. The minimum Gasteiger partial charge on any atom is -0.381 e. The molecule has 0 aliphatic heterocycles. The summed E-state index contributed by atoms with van der Waals surface area (Å²) >= 11 is 2.79. The third-order valence-electron chi connectivity index (χ3n) is 1.83. The number of nitrogens with two attached hydrogens (primary N) is 1. The lowest BCUT2D eigenvalue weighted by atomic mass is 10.1. The number of nitrogen functional groups attached to an aromatic ring is 1. The van der Waals surface area contributed by atoms with Gasteiger partial charge in [0.2, 0.25) is 0 Å². The van der Waals surface area contributed by atoms with Crippen molar-refractivity contribution in [2.75, 3.05) is 5.73 Å². The van der Waals surface area contributed by atoms with E-state index in [1.807, 2.05) is 0 Å². The highest BCUT2D eigenvalue weighted by atomic mass is 79.9. The van der Waals surface area contributed by atoms with Crippen molar-refractivity contribution < 1.29 is 13.3 Å². The zero-order valence-corrected chi connectivity index (χ0v) is 8.88. The molecule has 1 aromatic carbocycles. The minimum absolute atomic E-state index is 0.104. The zero-order chi connectivity index (χ0) is 11.0. The summed E-state index contributed by atoms with van der Waals surface area (Å²) in [6, 6.07) is 3.75. The van der Waals surface area contributed by atoms with Crippen molar-refractivity contribution >= 4 is 21.7 Å². The minimum atomic E-state index is -0.744. The van der Waals surface area contributed by atoms with E-state index in [1.54, 1.807) is 0 Å². The average molecular weight is 275 g/mol. The predicted molar refractivity (Wildman–Crippen MR) is 54.0 cm³/mol. The molecule has 0 aliphatic rings. The second-order valence-electron chi connectivity index (χ2n) is 2.84. The van der Waals surface area contributed by atoms with Gasteiger partial charge < -0.3 is 10.3 Å². The van der Waals surface area contributed by atoms with Gasteiger partial charge in [-0.2, -0.15) is 0 Å². The maximum absolute atomic E-state index is 13.5. The van der Waals surface area contributed by atoms with Gasteiger partial charge in [0.1, 0.15) is 5.82 Å². The number of nitrogens with zero attached hydrogens (tertiary/aromatic N) is 1. The van der Waals surface area contributed by atoms with E-state index < -0.39 is 11.6 Å². The van der Waals surface area contributed by atoms with Gasteiger partial charge in [-0.1, -0.05) is 5.16 Å². The Balaban J connectivity index is 2.59. The van der Waals surface area contributed by atoms with Crippen molar-refractivity contribution in [2.45, 2.75) is 0 Å². The lowest BCUT2D eigenvalue weighted by molar-refractivity contribution is 0.432. The van der Waals surface area contributed by atoms with Gasteiger partial charge in [-0.25, -0.2) is 8.78 Å². The Bertz CT molecular complexity index is 513. The second kappa shape index (κ2) is 3.62. The Hall–Kier alpha value is -1.43. The third-order valence-corrected chi connectivity index (χ3v) is 2.56. The van der Waals surface area contributed by atoms with Crippen LogP contribution in [0.25, 0.3) is 11.3 Å². The number of anilines is 1. The summed E-state index contributed by atoms with van der Waals surface area (Å²) in [5.74, 6) is -1.12. The lowest BCUT2D eigenvalue weighted by Crippen LogP contribution is -1.88. The lowest BCUT2D eigenvalue weighted by Gasteiger charge is -2.01. The number of hydrogen-bond donors (Lipinski definition) is 1. The largest absolute Gasteiger partial charge is 0.381 e. The zero-order valence-electron chi connectivity index (χ0n) is 7.30. The van der Waals surface area contributed by atoms with E-state index in [1.165, 1.54) is 12.1 Å². The van der Waals surface area contributed by atoms with E-state index in [2.05, 4.69) is 21.1 Å². The van der Waals surface area contributed by atoms with Crippen molar-refractivity contribution in [3.05, 3.63) is 34.3 Å². The van der Waals surface area contributed by atoms with Crippen LogP contribution in [0.5, 0.6) is 0 Å². The summed E-state index contributed by atoms with van der Waals surface area (Å²) in [6.45, 7) is 0. The molecule has 0 fully saturated rings. The van der Waals surface area contributed by atoms with Crippen LogP contribution in [0.15, 0.2) is 27.2 Å². The number of hydrogen-bond acceptors (Lipinski definition) is 3. The summed E-state index contributed by atoms with van der Waals surface area (Å²) in [6.07, 6.45) is 0. The molecule has 0 amide bonds. The molecule has 78 valence electrons. The number of halogens is 3. The van der Waals surface area contributed by atoms with Gasteiger partial charge in [-0.3, -0.25) is 0 Å². The summed E-state index contributed by atoms with van der Waals surface area (Å²) in [4.78, 5) is 0. The molecular weight excluding hydrogens is 270 g/mol. The van der Waals surface area contributed by atoms with Crippen molar-refractivity contribution in [3.8, 4) is 11.3 Å². The molecule has 0 saturated carbocycles. The molecule has 15 heavy (non-hydrogen) atoms. The van der Waals surface area contributed by atoms with Crippen LogP contribution < -0.4 is 5.73 Å². The standard InChI is InChI=1S/C9H5BrF2N2O/c10-8-5(11)2-1-4(9(8)12)6-3-7(13)14-15-6/h1-3H,(H2,13,14). The van der Waals surface area contributed by atoms with E-state index >= 15 is 0 Å². The first kappa shape index (κ1) is 10.1. The SMILES string of the molecule is Nc1cc(-c2ccc(F)c(Br)c2F)on1. The monoisotopic (exact) mass is 274 g/mol. The van der Waals surface area contributed by atoms with E-state index in [0.717, 1.165) is 6.07 Å². The van der Waals surface area contributed by atoms with Gasteiger partial charge >= 0.3 is 0 Å². The Morgan fingerprint density at radius 2 is 2.07 bits per heavy atom. The molecule has 0 unspecified atom stereocenters. The van der Waals surface area contributed by atoms with Crippen LogP contribution in [-0.2, 0) is 0 Å². The maximum atomic E-state index is 13.5. The normalized spacial score (nSPS) is 10.6. The molecule has 0 spiro atoms. The molecule has 1 heterocycles. The summed E-state index contributed by atoms with van der Waals surface area (Å²) in [7, 11) is 0. The van der Waals surface area contributed by atoms with E-state index in [-0.39, 0.29) is 21.6 Å². The molecule has 0 saturated heterocycles. The molecule has 0 bridgehead atoms. The third kappa shape index (κ3) is 1.72. The highest BCUT2D eigenvalue weighted by Crippen LogP contribution is 2.30. The van der Waals surface area contributed by atoms with Gasteiger partial charge in [0, 0.05) is 6.07 Å². The van der Waals surface area contributed by atoms with Crippen molar-refractivity contribution in [1.29, 1.82) is 0 Å². The molecule has 0 radical (unpaired) electrons. The maximum Gasteiger partial charge on any atom is 0.172 e. The molecule has 6 heteroatoms. The van der Waals surface area contributed by atoms with Gasteiger partial charge in [0.05, 0.1) is 10.0 Å². The molecular formula is C9H5BrF2N2O. The molecule has 2 N–H and O–H groups in total. The second-order valence-corrected chi connectivity index (χ2v) is 3.63. The Morgan fingerprint density at radius 1 is 1.33 bits per heavy atom. The van der Waals surface area contributed by atoms with Crippen LogP contribution in [0, 0.1) is 11.6 Å². The van der Waals surface area contributed by atoms with Crippen molar-refractivity contribution in [3.63, 3.8) is 0 Å². The summed E-state index contributed by atoms with van der Waals surface area (Å²) < 4.78 is 31.0. The molecule has 2 aromatic rings. The number of rotatable bonds is 1. The van der Waals surface area contributed by atoms with Crippen LogP contribution in [0.3, 0.4) is 0 Å². The first-order valence-corrected chi connectivity index (χ1v) is 4.75. The number of aromatic nitrogens is 1. The molecule has 0 aliphatic carbocycles. The summed E-state index contributed by atoms with van der Waals surface area (Å²) in [5, 5.41) is 3.41. The van der Waals surface area contributed by atoms with Crippen LogP contribution in [-0.4, -0.2) is 5.16 Å². The number of benzene rings is 1. The van der Waals surface area contributed by atoms with Crippen molar-refractivity contribution in [2.24, 2.45) is 0 Å². The fourth-order valence-corrected chi connectivity index (χ4v) is 1.48. The smallest absolute Gasteiger partial charge is 0.172 e. The predicted octanol–water partition coefficient (Wildman–Crippen LogP) is 2.96. The van der Waals surface area contributed by atoms with Crippen LogP contribution in [0.4, 0.5) is 14.6 Å². The topological polar surface area (TPSA) is 52.0 Å². The fraction of sp³-hybridized carbons (Fsp3) is 0. The van der Waals surface area contributed by atoms with Crippen LogP contribution >= 0.6 is 15.9 Å². The Labute approximate surface area is 92.0 Å². The Morgan fingerprint density at radius 3 is 2.67 bits per heavy atom. The highest BCUT2D eigenvalue weighted by molar-refractivity contribution is 9.10. The van der Waals surface area contributed by atoms with Gasteiger partial charge in [0.15, 0.2) is 17.4 Å².